The Hall–Kier alpha value is -0.610. The molecule has 4 heteroatoms. The second-order valence-electron chi connectivity index (χ2n) is 3.15. The molecule has 4 nitrogen and oxygen atoms in total. The van der Waals surface area contributed by atoms with E-state index in [0.29, 0.717) is 0 Å². The van der Waals surface area contributed by atoms with Crippen molar-refractivity contribution < 1.29 is 14.6 Å². The van der Waals surface area contributed by atoms with Crippen molar-refractivity contribution in [3.8, 4) is 0 Å². The molecule has 0 aliphatic carbocycles. The van der Waals surface area contributed by atoms with Gasteiger partial charge in [-0.3, -0.25) is 0 Å². The second kappa shape index (κ2) is 4.42. The summed E-state index contributed by atoms with van der Waals surface area (Å²) >= 11 is 0. The van der Waals surface area contributed by atoms with E-state index in [2.05, 4.69) is 4.90 Å². The number of carbonyl (C=O) groups excluding carboxylic acids is 1. The summed E-state index contributed by atoms with van der Waals surface area (Å²) in [6.45, 7) is 1.42. The van der Waals surface area contributed by atoms with Gasteiger partial charge in [-0.25, -0.2) is 4.79 Å². The zero-order chi connectivity index (χ0) is 8.97. The van der Waals surface area contributed by atoms with Crippen LogP contribution < -0.4 is 0 Å². The number of aliphatic hydroxyl groups is 1. The summed E-state index contributed by atoms with van der Waals surface area (Å²) < 4.78 is 4.97. The highest BCUT2D eigenvalue weighted by molar-refractivity contribution is 5.70. The van der Waals surface area contributed by atoms with Crippen molar-refractivity contribution in [3.63, 3.8) is 0 Å². The summed E-state index contributed by atoms with van der Waals surface area (Å²) in [6.07, 6.45) is 1.77. The van der Waals surface area contributed by atoms with Crippen LogP contribution in [-0.2, 0) is 9.53 Å². The first-order valence-electron chi connectivity index (χ1n) is 4.21. The maximum atomic E-state index is 10.7. The molecule has 1 fully saturated rings. The van der Waals surface area contributed by atoms with Gasteiger partial charge in [0.15, 0.2) is 0 Å². The van der Waals surface area contributed by atoms with Crippen LogP contribution in [0.25, 0.3) is 0 Å². The smallest absolute Gasteiger partial charge is 0.332 e. The van der Waals surface area contributed by atoms with Crippen LogP contribution in [-0.4, -0.2) is 48.8 Å². The van der Waals surface area contributed by atoms with Gasteiger partial charge in [0, 0.05) is 13.1 Å². The van der Waals surface area contributed by atoms with Gasteiger partial charge < -0.3 is 14.7 Å². The molecular formula is C8H15NO3. The highest BCUT2D eigenvalue weighted by Gasteiger charge is 2.19. The topological polar surface area (TPSA) is 49.8 Å². The van der Waals surface area contributed by atoms with Crippen molar-refractivity contribution in [2.45, 2.75) is 18.9 Å². The summed E-state index contributed by atoms with van der Waals surface area (Å²) in [5.41, 5.74) is 0. The van der Waals surface area contributed by atoms with Crippen LogP contribution in [0.5, 0.6) is 0 Å². The molecule has 1 saturated heterocycles. The van der Waals surface area contributed by atoms with Gasteiger partial charge in [-0.1, -0.05) is 0 Å². The molecule has 0 aromatic carbocycles. The zero-order valence-corrected chi connectivity index (χ0v) is 7.32. The van der Waals surface area contributed by atoms with Crippen molar-refractivity contribution in [2.75, 3.05) is 26.7 Å². The fourth-order valence-electron chi connectivity index (χ4n) is 1.33. The first kappa shape index (κ1) is 9.48. The average molecular weight is 173 g/mol. The molecule has 70 valence electrons. The highest BCUT2D eigenvalue weighted by atomic mass is 16.6. The molecule has 0 spiro atoms. The minimum absolute atomic E-state index is 0.0147. The van der Waals surface area contributed by atoms with Crippen molar-refractivity contribution >= 4 is 5.97 Å². The third-order valence-electron chi connectivity index (χ3n) is 2.09. The van der Waals surface area contributed by atoms with E-state index < -0.39 is 12.6 Å². The standard InChI is InChI=1S/C8H15NO3/c1-9-4-2-7(3-5-9)12-8(11)6-10/h7,10H,2-6H2,1H3. The highest BCUT2D eigenvalue weighted by Crippen LogP contribution is 2.11. The molecule has 1 rings (SSSR count). The number of hydrogen-bond donors (Lipinski definition) is 1. The monoisotopic (exact) mass is 173 g/mol. The predicted molar refractivity (Wildman–Crippen MR) is 43.7 cm³/mol. The number of esters is 1. The summed E-state index contributed by atoms with van der Waals surface area (Å²) in [7, 11) is 2.05. The molecule has 0 amide bonds. The minimum Gasteiger partial charge on any atom is -0.461 e. The Kier molecular flexibility index (Phi) is 3.49. The number of hydrogen-bond acceptors (Lipinski definition) is 4. The molecule has 1 N–H and O–H groups in total. The fourth-order valence-corrected chi connectivity index (χ4v) is 1.33. The van der Waals surface area contributed by atoms with Gasteiger partial charge in [-0.15, -0.1) is 0 Å². The SMILES string of the molecule is CN1CCC(OC(=O)CO)CC1. The van der Waals surface area contributed by atoms with Crippen LogP contribution in [0, 0.1) is 0 Å². The molecule has 0 aromatic heterocycles. The number of ether oxygens (including phenoxy) is 1. The second-order valence-corrected chi connectivity index (χ2v) is 3.15. The van der Waals surface area contributed by atoms with E-state index in [0.717, 1.165) is 25.9 Å². The van der Waals surface area contributed by atoms with Gasteiger partial charge in [0.05, 0.1) is 0 Å². The third-order valence-corrected chi connectivity index (χ3v) is 2.09. The van der Waals surface area contributed by atoms with Crippen LogP contribution in [0.3, 0.4) is 0 Å². The number of nitrogens with zero attached hydrogens (tertiary/aromatic N) is 1. The number of piperidine rings is 1. The van der Waals surface area contributed by atoms with Crippen molar-refractivity contribution in [1.29, 1.82) is 0 Å². The predicted octanol–water partition coefficient (Wildman–Crippen LogP) is -0.384. The summed E-state index contributed by atoms with van der Waals surface area (Å²) in [5, 5.41) is 8.43. The van der Waals surface area contributed by atoms with E-state index >= 15 is 0 Å². The van der Waals surface area contributed by atoms with Gasteiger partial charge in [0.25, 0.3) is 0 Å². The maximum absolute atomic E-state index is 10.7. The molecular weight excluding hydrogens is 158 g/mol. The quantitative estimate of drug-likeness (QED) is 0.578. The van der Waals surface area contributed by atoms with Gasteiger partial charge in [-0.2, -0.15) is 0 Å². The number of likely N-dealkylation sites (tertiary alicyclic amines) is 1. The summed E-state index contributed by atoms with van der Waals surface area (Å²) in [5.74, 6) is -0.510. The Bertz CT molecular complexity index is 152. The lowest BCUT2D eigenvalue weighted by molar-refractivity contribution is -0.154. The molecule has 0 aromatic rings. The molecule has 0 bridgehead atoms. The Morgan fingerprint density at radius 3 is 2.67 bits per heavy atom. The fraction of sp³-hybridized carbons (Fsp3) is 0.875. The molecule has 0 unspecified atom stereocenters. The Morgan fingerprint density at radius 1 is 1.58 bits per heavy atom. The summed E-state index contributed by atoms with van der Waals surface area (Å²) in [4.78, 5) is 12.9. The Balaban J connectivity index is 2.21. The first-order valence-corrected chi connectivity index (χ1v) is 4.21. The van der Waals surface area contributed by atoms with E-state index in [-0.39, 0.29) is 6.10 Å². The lowest BCUT2D eigenvalue weighted by Gasteiger charge is -2.28. The lowest BCUT2D eigenvalue weighted by Crippen LogP contribution is -2.35. The molecule has 1 aliphatic heterocycles. The normalized spacial score (nSPS) is 20.8. The van der Waals surface area contributed by atoms with E-state index in [9.17, 15) is 4.79 Å². The van der Waals surface area contributed by atoms with Crippen molar-refractivity contribution in [1.82, 2.24) is 4.90 Å². The van der Waals surface area contributed by atoms with E-state index in [1.54, 1.807) is 0 Å². The minimum atomic E-state index is -0.510. The molecule has 1 heterocycles. The van der Waals surface area contributed by atoms with Crippen LogP contribution >= 0.6 is 0 Å². The van der Waals surface area contributed by atoms with Crippen LogP contribution in [0.15, 0.2) is 0 Å². The van der Waals surface area contributed by atoms with Crippen LogP contribution in [0.4, 0.5) is 0 Å². The van der Waals surface area contributed by atoms with Gasteiger partial charge in [0.1, 0.15) is 12.7 Å². The van der Waals surface area contributed by atoms with Crippen molar-refractivity contribution in [3.05, 3.63) is 0 Å². The largest absolute Gasteiger partial charge is 0.461 e. The van der Waals surface area contributed by atoms with E-state index in [4.69, 9.17) is 9.84 Å². The number of aliphatic hydroxyl groups excluding tert-OH is 1. The average Bonchev–Trinajstić information content (AvgIpc) is 2.09. The van der Waals surface area contributed by atoms with Gasteiger partial charge in [0.2, 0.25) is 0 Å². The van der Waals surface area contributed by atoms with E-state index in [1.165, 1.54) is 0 Å². The number of rotatable bonds is 2. The Labute approximate surface area is 72.1 Å². The lowest BCUT2D eigenvalue weighted by atomic mass is 10.1. The van der Waals surface area contributed by atoms with E-state index in [1.807, 2.05) is 7.05 Å². The molecule has 0 atom stereocenters. The zero-order valence-electron chi connectivity index (χ0n) is 7.32. The maximum Gasteiger partial charge on any atom is 0.332 e. The number of carbonyl (C=O) groups is 1. The van der Waals surface area contributed by atoms with Gasteiger partial charge in [-0.05, 0) is 19.9 Å². The molecule has 1 aliphatic rings. The van der Waals surface area contributed by atoms with Crippen molar-refractivity contribution in [2.24, 2.45) is 0 Å². The third kappa shape index (κ3) is 2.79. The molecule has 0 saturated carbocycles. The molecule has 0 radical (unpaired) electrons. The first-order chi connectivity index (χ1) is 5.72. The summed E-state index contributed by atoms with van der Waals surface area (Å²) in [6, 6.07) is 0. The van der Waals surface area contributed by atoms with Crippen LogP contribution in [0.1, 0.15) is 12.8 Å². The Morgan fingerprint density at radius 2 is 2.17 bits per heavy atom. The van der Waals surface area contributed by atoms with Gasteiger partial charge >= 0.3 is 5.97 Å². The molecule has 12 heavy (non-hydrogen) atoms. The van der Waals surface area contributed by atoms with Crippen LogP contribution in [0.2, 0.25) is 0 Å².